The van der Waals surface area contributed by atoms with E-state index in [1.54, 1.807) is 30.3 Å². The minimum Gasteiger partial charge on any atom is -0.469 e. The van der Waals surface area contributed by atoms with Gasteiger partial charge in [0.05, 0.1) is 18.4 Å². The van der Waals surface area contributed by atoms with E-state index in [1.165, 1.54) is 6.26 Å². The first-order valence-electron chi connectivity index (χ1n) is 5.82. The van der Waals surface area contributed by atoms with E-state index in [0.29, 0.717) is 23.4 Å². The SMILES string of the molecule is CCc1occc1C(=O)Nc1cccc(CO)c1. The molecule has 1 amide bonds. The molecule has 0 saturated heterocycles. The molecule has 1 aromatic carbocycles. The number of hydrogen-bond acceptors (Lipinski definition) is 3. The summed E-state index contributed by atoms with van der Waals surface area (Å²) < 4.78 is 5.22. The van der Waals surface area contributed by atoms with Crippen LogP contribution in [0.15, 0.2) is 41.0 Å². The molecule has 2 rings (SSSR count). The number of carbonyl (C=O) groups is 1. The second-order valence-electron chi connectivity index (χ2n) is 3.92. The number of anilines is 1. The predicted molar refractivity (Wildman–Crippen MR) is 68.4 cm³/mol. The van der Waals surface area contributed by atoms with Crippen LogP contribution in [0.1, 0.15) is 28.6 Å². The first-order valence-corrected chi connectivity index (χ1v) is 5.82. The van der Waals surface area contributed by atoms with E-state index in [2.05, 4.69) is 5.32 Å². The maximum Gasteiger partial charge on any atom is 0.259 e. The molecule has 4 heteroatoms. The average Bonchev–Trinajstić information content (AvgIpc) is 2.87. The Morgan fingerprint density at radius 2 is 2.22 bits per heavy atom. The number of benzene rings is 1. The third-order valence-corrected chi connectivity index (χ3v) is 2.68. The molecule has 4 nitrogen and oxygen atoms in total. The molecule has 2 N–H and O–H groups in total. The van der Waals surface area contributed by atoms with Gasteiger partial charge in [0.1, 0.15) is 5.76 Å². The van der Waals surface area contributed by atoms with Crippen LogP contribution in [0.4, 0.5) is 5.69 Å². The van der Waals surface area contributed by atoms with Crippen LogP contribution in [-0.4, -0.2) is 11.0 Å². The lowest BCUT2D eigenvalue weighted by Gasteiger charge is -2.06. The zero-order valence-electron chi connectivity index (χ0n) is 10.1. The summed E-state index contributed by atoms with van der Waals surface area (Å²) >= 11 is 0. The number of carbonyl (C=O) groups excluding carboxylic acids is 1. The third-order valence-electron chi connectivity index (χ3n) is 2.68. The highest BCUT2D eigenvalue weighted by atomic mass is 16.3. The molecule has 1 aromatic heterocycles. The molecule has 0 atom stereocenters. The molecule has 1 heterocycles. The van der Waals surface area contributed by atoms with Crippen molar-refractivity contribution in [1.82, 2.24) is 0 Å². The molecule has 0 aliphatic carbocycles. The summed E-state index contributed by atoms with van der Waals surface area (Å²) in [6.07, 6.45) is 2.18. The van der Waals surface area contributed by atoms with Gasteiger partial charge in [0.15, 0.2) is 0 Å². The number of rotatable bonds is 4. The lowest BCUT2D eigenvalue weighted by molar-refractivity contribution is 0.102. The van der Waals surface area contributed by atoms with Crippen LogP contribution >= 0.6 is 0 Å². The van der Waals surface area contributed by atoms with Gasteiger partial charge in [-0.05, 0) is 23.8 Å². The molecule has 0 aliphatic rings. The highest BCUT2D eigenvalue weighted by molar-refractivity contribution is 6.04. The van der Waals surface area contributed by atoms with Crippen molar-refractivity contribution >= 4 is 11.6 Å². The fraction of sp³-hybridized carbons (Fsp3) is 0.214. The Kier molecular flexibility index (Phi) is 3.79. The Morgan fingerprint density at radius 3 is 2.94 bits per heavy atom. The number of hydrogen-bond donors (Lipinski definition) is 2. The van der Waals surface area contributed by atoms with Gasteiger partial charge in [-0.15, -0.1) is 0 Å². The number of amides is 1. The van der Waals surface area contributed by atoms with Gasteiger partial charge in [-0.1, -0.05) is 19.1 Å². The van der Waals surface area contributed by atoms with Crippen LogP contribution in [0.5, 0.6) is 0 Å². The van der Waals surface area contributed by atoms with Crippen LogP contribution in [0, 0.1) is 0 Å². The van der Waals surface area contributed by atoms with Crippen LogP contribution in [-0.2, 0) is 13.0 Å². The average molecular weight is 245 g/mol. The second-order valence-corrected chi connectivity index (χ2v) is 3.92. The molecule has 2 aromatic rings. The van der Waals surface area contributed by atoms with Gasteiger partial charge in [-0.2, -0.15) is 0 Å². The topological polar surface area (TPSA) is 62.5 Å². The maximum atomic E-state index is 12.0. The highest BCUT2D eigenvalue weighted by Gasteiger charge is 2.13. The number of furan rings is 1. The highest BCUT2D eigenvalue weighted by Crippen LogP contribution is 2.15. The molecule has 0 bridgehead atoms. The smallest absolute Gasteiger partial charge is 0.259 e. The molecule has 0 fully saturated rings. The lowest BCUT2D eigenvalue weighted by atomic mass is 10.1. The van der Waals surface area contributed by atoms with E-state index in [4.69, 9.17) is 9.52 Å². The van der Waals surface area contributed by atoms with E-state index >= 15 is 0 Å². The normalized spacial score (nSPS) is 10.3. The third kappa shape index (κ3) is 2.60. The number of nitrogens with one attached hydrogen (secondary N) is 1. The Labute approximate surface area is 105 Å². The van der Waals surface area contributed by atoms with Crippen molar-refractivity contribution in [1.29, 1.82) is 0 Å². The largest absolute Gasteiger partial charge is 0.469 e. The second kappa shape index (κ2) is 5.51. The number of aliphatic hydroxyl groups excluding tert-OH is 1. The zero-order valence-corrected chi connectivity index (χ0v) is 10.1. The Bertz CT molecular complexity index is 545. The van der Waals surface area contributed by atoms with Crippen molar-refractivity contribution in [2.75, 3.05) is 5.32 Å². The Morgan fingerprint density at radius 1 is 1.39 bits per heavy atom. The predicted octanol–water partition coefficient (Wildman–Crippen LogP) is 2.59. The Hall–Kier alpha value is -2.07. The summed E-state index contributed by atoms with van der Waals surface area (Å²) in [6, 6.07) is 8.76. The summed E-state index contributed by atoms with van der Waals surface area (Å²) in [5, 5.41) is 11.8. The quantitative estimate of drug-likeness (QED) is 0.870. The summed E-state index contributed by atoms with van der Waals surface area (Å²) in [6.45, 7) is 1.89. The van der Waals surface area contributed by atoms with Crippen molar-refractivity contribution < 1.29 is 14.3 Å². The first-order chi connectivity index (χ1) is 8.74. The van der Waals surface area contributed by atoms with E-state index in [0.717, 1.165) is 5.56 Å². The van der Waals surface area contributed by atoms with Crippen molar-refractivity contribution in [3.63, 3.8) is 0 Å². The van der Waals surface area contributed by atoms with Gasteiger partial charge in [-0.25, -0.2) is 0 Å². The molecule has 0 unspecified atom stereocenters. The van der Waals surface area contributed by atoms with E-state index in [1.807, 2.05) is 6.92 Å². The minimum atomic E-state index is -0.198. The van der Waals surface area contributed by atoms with Gasteiger partial charge < -0.3 is 14.8 Å². The van der Waals surface area contributed by atoms with Gasteiger partial charge in [-0.3, -0.25) is 4.79 Å². The molecule has 94 valence electrons. The number of aliphatic hydroxyl groups is 1. The molecular formula is C14H15NO3. The van der Waals surface area contributed by atoms with Crippen LogP contribution in [0.25, 0.3) is 0 Å². The van der Waals surface area contributed by atoms with Crippen molar-refractivity contribution in [3.05, 3.63) is 53.5 Å². The first kappa shape index (κ1) is 12.4. The summed E-state index contributed by atoms with van der Waals surface area (Å²) in [4.78, 5) is 12.0. The standard InChI is InChI=1S/C14H15NO3/c1-2-13-12(6-7-18-13)14(17)15-11-5-3-4-10(8-11)9-16/h3-8,16H,2,9H2,1H3,(H,15,17). The monoisotopic (exact) mass is 245 g/mol. The lowest BCUT2D eigenvalue weighted by Crippen LogP contribution is -2.12. The molecule has 0 aliphatic heterocycles. The molecule has 0 radical (unpaired) electrons. The summed E-state index contributed by atoms with van der Waals surface area (Å²) in [7, 11) is 0. The maximum absolute atomic E-state index is 12.0. The molecule has 0 spiro atoms. The van der Waals surface area contributed by atoms with Crippen molar-refractivity contribution in [2.45, 2.75) is 20.0 Å². The van der Waals surface area contributed by atoms with E-state index < -0.39 is 0 Å². The van der Waals surface area contributed by atoms with Crippen molar-refractivity contribution in [3.8, 4) is 0 Å². The zero-order chi connectivity index (χ0) is 13.0. The number of aryl methyl sites for hydroxylation is 1. The molecule has 0 saturated carbocycles. The molecular weight excluding hydrogens is 230 g/mol. The van der Waals surface area contributed by atoms with E-state index in [-0.39, 0.29) is 12.5 Å². The Balaban J connectivity index is 2.16. The summed E-state index contributed by atoms with van der Waals surface area (Å²) in [5.41, 5.74) is 1.97. The van der Waals surface area contributed by atoms with E-state index in [9.17, 15) is 4.79 Å². The van der Waals surface area contributed by atoms with Gasteiger partial charge in [0.2, 0.25) is 0 Å². The van der Waals surface area contributed by atoms with Gasteiger partial charge in [0, 0.05) is 12.1 Å². The summed E-state index contributed by atoms with van der Waals surface area (Å²) in [5.74, 6) is 0.474. The van der Waals surface area contributed by atoms with Gasteiger partial charge in [0.25, 0.3) is 5.91 Å². The van der Waals surface area contributed by atoms with Crippen LogP contribution < -0.4 is 5.32 Å². The van der Waals surface area contributed by atoms with Gasteiger partial charge >= 0.3 is 0 Å². The van der Waals surface area contributed by atoms with Crippen molar-refractivity contribution in [2.24, 2.45) is 0 Å². The molecule has 18 heavy (non-hydrogen) atoms. The fourth-order valence-electron chi connectivity index (χ4n) is 1.76. The fourth-order valence-corrected chi connectivity index (χ4v) is 1.76. The van der Waals surface area contributed by atoms with Crippen LogP contribution in [0.2, 0.25) is 0 Å². The van der Waals surface area contributed by atoms with Crippen LogP contribution in [0.3, 0.4) is 0 Å². The minimum absolute atomic E-state index is 0.0460.